The maximum atomic E-state index is 10.9. The lowest BCUT2D eigenvalue weighted by Gasteiger charge is -2.25. The maximum Gasteiger partial charge on any atom is 0.337 e. The average molecular weight is 220 g/mol. The van der Waals surface area contributed by atoms with Gasteiger partial charge in [-0.3, -0.25) is 4.99 Å². The van der Waals surface area contributed by atoms with E-state index in [1.54, 1.807) is 18.4 Å². The summed E-state index contributed by atoms with van der Waals surface area (Å²) in [6, 6.07) is 0.342. The molecule has 16 heavy (non-hydrogen) atoms. The zero-order valence-corrected chi connectivity index (χ0v) is 9.39. The van der Waals surface area contributed by atoms with Crippen LogP contribution in [0.1, 0.15) is 26.2 Å². The van der Waals surface area contributed by atoms with Crippen molar-refractivity contribution in [3.05, 3.63) is 23.9 Å². The number of aliphatic imine (C=N–C) groups is 1. The molecule has 1 N–H and O–H groups in total. The molecule has 0 saturated heterocycles. The number of carbonyl (C=O) groups is 1. The van der Waals surface area contributed by atoms with Gasteiger partial charge >= 0.3 is 5.97 Å². The van der Waals surface area contributed by atoms with Crippen LogP contribution in [0.15, 0.2) is 28.9 Å². The zero-order chi connectivity index (χ0) is 11.5. The van der Waals surface area contributed by atoms with Gasteiger partial charge in [0.2, 0.25) is 0 Å². The van der Waals surface area contributed by atoms with Crippen molar-refractivity contribution >= 4 is 11.8 Å². The second-order valence-electron chi connectivity index (χ2n) is 4.13. The minimum absolute atomic E-state index is 0.336. The lowest BCUT2D eigenvalue weighted by Crippen LogP contribution is -2.33. The van der Waals surface area contributed by atoms with Crippen LogP contribution < -0.4 is 0 Å². The van der Waals surface area contributed by atoms with E-state index in [9.17, 15) is 4.79 Å². The Balaban J connectivity index is 2.10. The Hall–Kier alpha value is -1.58. The molecule has 2 heterocycles. The lowest BCUT2D eigenvalue weighted by molar-refractivity contribution is -0.132. The van der Waals surface area contributed by atoms with Crippen molar-refractivity contribution < 1.29 is 9.90 Å². The van der Waals surface area contributed by atoms with Gasteiger partial charge in [-0.1, -0.05) is 19.8 Å². The van der Waals surface area contributed by atoms with E-state index in [2.05, 4.69) is 11.9 Å². The van der Waals surface area contributed by atoms with Crippen LogP contribution in [0.3, 0.4) is 0 Å². The highest BCUT2D eigenvalue weighted by Crippen LogP contribution is 2.22. The number of nitrogens with zero attached hydrogens (tertiary/aromatic N) is 2. The number of fused-ring (bicyclic) bond motifs is 1. The molecule has 0 amide bonds. The van der Waals surface area contributed by atoms with E-state index in [0.717, 1.165) is 31.6 Å². The maximum absolute atomic E-state index is 10.9. The van der Waals surface area contributed by atoms with Crippen molar-refractivity contribution in [2.75, 3.05) is 6.54 Å². The summed E-state index contributed by atoms with van der Waals surface area (Å²) < 4.78 is 0. The Labute approximate surface area is 95.0 Å². The van der Waals surface area contributed by atoms with Gasteiger partial charge in [-0.05, 0) is 18.6 Å². The predicted molar refractivity (Wildman–Crippen MR) is 62.3 cm³/mol. The van der Waals surface area contributed by atoms with Gasteiger partial charge in [0.1, 0.15) is 5.84 Å². The van der Waals surface area contributed by atoms with E-state index in [1.807, 2.05) is 4.90 Å². The number of carboxylic acids is 1. The normalized spacial score (nSPS) is 22.8. The highest BCUT2D eigenvalue weighted by Gasteiger charge is 2.27. The Bertz CT molecular complexity index is 382. The molecule has 4 heteroatoms. The van der Waals surface area contributed by atoms with Crippen LogP contribution in [0, 0.1) is 0 Å². The molecule has 0 radical (unpaired) electrons. The van der Waals surface area contributed by atoms with Gasteiger partial charge < -0.3 is 10.0 Å². The molecule has 0 fully saturated rings. The first-order valence-corrected chi connectivity index (χ1v) is 5.68. The number of aliphatic carboxylic acids is 1. The third-order valence-electron chi connectivity index (χ3n) is 2.95. The molecule has 0 aromatic heterocycles. The minimum Gasteiger partial charge on any atom is -0.478 e. The minimum atomic E-state index is -0.878. The topological polar surface area (TPSA) is 52.9 Å². The summed E-state index contributed by atoms with van der Waals surface area (Å²) in [5, 5.41) is 8.93. The average Bonchev–Trinajstić information content (AvgIpc) is 2.68. The van der Waals surface area contributed by atoms with Crippen molar-refractivity contribution in [2.45, 2.75) is 32.2 Å². The molecule has 86 valence electrons. The molecule has 2 aliphatic rings. The van der Waals surface area contributed by atoms with Crippen molar-refractivity contribution in [3.8, 4) is 0 Å². The third kappa shape index (κ3) is 2.01. The van der Waals surface area contributed by atoms with Gasteiger partial charge in [0, 0.05) is 6.20 Å². The second-order valence-corrected chi connectivity index (χ2v) is 4.13. The van der Waals surface area contributed by atoms with Crippen molar-refractivity contribution in [2.24, 2.45) is 4.99 Å². The van der Waals surface area contributed by atoms with Crippen LogP contribution in [0.25, 0.3) is 0 Å². The van der Waals surface area contributed by atoms with Crippen LogP contribution in [-0.2, 0) is 4.79 Å². The van der Waals surface area contributed by atoms with Gasteiger partial charge in [0.25, 0.3) is 0 Å². The van der Waals surface area contributed by atoms with Crippen molar-refractivity contribution in [3.63, 3.8) is 0 Å². The number of rotatable bonds is 4. The summed E-state index contributed by atoms with van der Waals surface area (Å²) in [4.78, 5) is 17.3. The Kier molecular flexibility index (Phi) is 3.08. The van der Waals surface area contributed by atoms with Gasteiger partial charge in [-0.25, -0.2) is 4.79 Å². The molecular weight excluding hydrogens is 204 g/mol. The molecule has 4 nitrogen and oxygen atoms in total. The van der Waals surface area contributed by atoms with Crippen LogP contribution >= 0.6 is 0 Å². The monoisotopic (exact) mass is 220 g/mol. The van der Waals surface area contributed by atoms with Gasteiger partial charge in [-0.15, -0.1) is 0 Å². The highest BCUT2D eigenvalue weighted by atomic mass is 16.4. The summed E-state index contributed by atoms with van der Waals surface area (Å²) in [5.74, 6) is 0.0162. The molecule has 0 aromatic rings. The zero-order valence-electron chi connectivity index (χ0n) is 9.39. The largest absolute Gasteiger partial charge is 0.478 e. The summed E-state index contributed by atoms with van der Waals surface area (Å²) in [5.41, 5.74) is 0.336. The summed E-state index contributed by atoms with van der Waals surface area (Å²) in [7, 11) is 0. The number of unbranched alkanes of at least 4 members (excludes halogenated alkanes) is 1. The van der Waals surface area contributed by atoms with Crippen LogP contribution in [0.2, 0.25) is 0 Å². The smallest absolute Gasteiger partial charge is 0.337 e. The van der Waals surface area contributed by atoms with Crippen molar-refractivity contribution in [1.82, 2.24) is 4.90 Å². The molecule has 0 aliphatic carbocycles. The molecule has 0 saturated carbocycles. The number of amidine groups is 1. The number of hydrogen-bond acceptors (Lipinski definition) is 3. The molecule has 2 rings (SSSR count). The molecule has 0 bridgehead atoms. The summed E-state index contributed by atoms with van der Waals surface area (Å²) in [6.45, 7) is 2.94. The first kappa shape index (κ1) is 10.9. The summed E-state index contributed by atoms with van der Waals surface area (Å²) in [6.07, 6.45) is 8.49. The third-order valence-corrected chi connectivity index (χ3v) is 2.95. The SMILES string of the molecule is CCCCC1CN=C2C=CC(C(=O)O)=CN21. The Morgan fingerprint density at radius 2 is 2.44 bits per heavy atom. The van der Waals surface area contributed by atoms with E-state index in [1.165, 1.54) is 0 Å². The van der Waals surface area contributed by atoms with Crippen LogP contribution in [0.4, 0.5) is 0 Å². The van der Waals surface area contributed by atoms with Gasteiger partial charge in [-0.2, -0.15) is 0 Å². The van der Waals surface area contributed by atoms with E-state index in [4.69, 9.17) is 5.11 Å². The molecule has 0 spiro atoms. The predicted octanol–water partition coefficient (Wildman–Crippen LogP) is 1.80. The van der Waals surface area contributed by atoms with Crippen LogP contribution in [-0.4, -0.2) is 34.4 Å². The van der Waals surface area contributed by atoms with E-state index < -0.39 is 5.97 Å². The highest BCUT2D eigenvalue weighted by molar-refractivity contribution is 6.01. The summed E-state index contributed by atoms with van der Waals surface area (Å²) >= 11 is 0. The molecule has 2 aliphatic heterocycles. The van der Waals surface area contributed by atoms with E-state index in [0.29, 0.717) is 11.6 Å². The van der Waals surface area contributed by atoms with E-state index in [-0.39, 0.29) is 0 Å². The fourth-order valence-corrected chi connectivity index (χ4v) is 2.02. The van der Waals surface area contributed by atoms with Gasteiger partial charge in [0.15, 0.2) is 0 Å². The lowest BCUT2D eigenvalue weighted by atomic mass is 10.1. The van der Waals surface area contributed by atoms with Crippen molar-refractivity contribution in [1.29, 1.82) is 0 Å². The Morgan fingerprint density at radius 1 is 1.62 bits per heavy atom. The number of carboxylic acid groups (broad SMARTS) is 1. The van der Waals surface area contributed by atoms with Crippen LogP contribution in [0.5, 0.6) is 0 Å². The van der Waals surface area contributed by atoms with Gasteiger partial charge in [0.05, 0.1) is 18.2 Å². The first-order chi connectivity index (χ1) is 7.72. The number of hydrogen-bond donors (Lipinski definition) is 1. The van der Waals surface area contributed by atoms with E-state index >= 15 is 0 Å². The quantitative estimate of drug-likeness (QED) is 0.786. The second kappa shape index (κ2) is 4.51. The fraction of sp³-hybridized carbons (Fsp3) is 0.500. The molecule has 1 unspecified atom stereocenters. The fourth-order valence-electron chi connectivity index (χ4n) is 2.02. The molecule has 0 aromatic carbocycles. The molecular formula is C12H16N2O2. The Morgan fingerprint density at radius 3 is 3.12 bits per heavy atom. The molecule has 1 atom stereocenters. The standard InChI is InChI=1S/C12H16N2O2/c1-2-3-4-10-7-13-11-6-5-9(12(15)16)8-14(10)11/h5-6,8,10H,2-4,7H2,1H3,(H,15,16). The first-order valence-electron chi connectivity index (χ1n) is 5.68.